The van der Waals surface area contributed by atoms with Crippen molar-refractivity contribution in [3.63, 3.8) is 0 Å². The molecule has 1 aliphatic rings. The van der Waals surface area contributed by atoms with Gasteiger partial charge in [0.25, 0.3) is 0 Å². The predicted molar refractivity (Wildman–Crippen MR) is 147 cm³/mol. The second-order valence-corrected chi connectivity index (χ2v) is 10.7. The fourth-order valence-electron chi connectivity index (χ4n) is 3.96. The summed E-state index contributed by atoms with van der Waals surface area (Å²) in [6.07, 6.45) is -4.20. The van der Waals surface area contributed by atoms with Gasteiger partial charge in [0.2, 0.25) is 6.10 Å². The molecule has 0 saturated carbocycles. The summed E-state index contributed by atoms with van der Waals surface area (Å²) in [6.45, 7) is 1.99. The Morgan fingerprint density at radius 2 is 1.84 bits per heavy atom. The molecule has 4 atom stereocenters. The van der Waals surface area contributed by atoms with Gasteiger partial charge in [0.1, 0.15) is 19.3 Å². The minimum atomic E-state index is -5.03. The molecule has 1 heterocycles. The van der Waals surface area contributed by atoms with E-state index in [1.165, 1.54) is 0 Å². The van der Waals surface area contributed by atoms with Gasteiger partial charge in [0, 0.05) is 11.1 Å². The first kappa shape index (κ1) is 36.1. The van der Waals surface area contributed by atoms with Crippen molar-refractivity contribution in [1.82, 2.24) is 16.0 Å². The number of halogens is 3. The highest BCUT2D eigenvalue weighted by molar-refractivity contribution is 7.33. The number of unbranched alkanes of at least 4 members (excludes halogenated alkanes) is 2. The highest BCUT2D eigenvalue weighted by Crippen LogP contribution is 2.29. The molecule has 1 aromatic rings. The molecule has 240 valence electrons. The van der Waals surface area contributed by atoms with Gasteiger partial charge in [0.15, 0.2) is 0 Å². The van der Waals surface area contributed by atoms with E-state index in [1.807, 2.05) is 13.0 Å². The van der Waals surface area contributed by atoms with Crippen LogP contribution in [0.1, 0.15) is 63.9 Å². The zero-order valence-corrected chi connectivity index (χ0v) is 24.8. The molecule has 0 aromatic heterocycles. The number of rotatable bonds is 18. The van der Waals surface area contributed by atoms with Crippen molar-refractivity contribution in [2.45, 2.75) is 89.3 Å². The van der Waals surface area contributed by atoms with Gasteiger partial charge in [-0.15, -0.1) is 9.05 Å². The molecule has 1 saturated heterocycles. The van der Waals surface area contributed by atoms with Crippen molar-refractivity contribution in [1.29, 1.82) is 0 Å². The first-order chi connectivity index (χ1) is 20.5. The number of hydrogen-bond donors (Lipinski definition) is 3. The summed E-state index contributed by atoms with van der Waals surface area (Å²) < 4.78 is 70.3. The van der Waals surface area contributed by atoms with E-state index < -0.39 is 56.6 Å². The van der Waals surface area contributed by atoms with E-state index in [1.54, 1.807) is 29.6 Å². The van der Waals surface area contributed by atoms with E-state index in [0.29, 0.717) is 32.2 Å². The zero-order chi connectivity index (χ0) is 31.7. The van der Waals surface area contributed by atoms with Crippen LogP contribution in [0, 0.1) is 0 Å². The number of esters is 2. The number of carbonyl (C=O) groups excluding carboxylic acids is 4. The Morgan fingerprint density at radius 1 is 1.09 bits per heavy atom. The Balaban J connectivity index is 1.90. The van der Waals surface area contributed by atoms with Crippen LogP contribution >= 0.6 is 8.25 Å². The molecule has 0 spiro atoms. The summed E-state index contributed by atoms with van der Waals surface area (Å²) in [5, 5.41) is 7.24. The highest BCUT2D eigenvalue weighted by atomic mass is 31.1. The van der Waals surface area contributed by atoms with E-state index in [2.05, 4.69) is 10.6 Å². The van der Waals surface area contributed by atoms with Crippen LogP contribution in [0.4, 0.5) is 18.0 Å². The molecule has 0 aliphatic carbocycles. The van der Waals surface area contributed by atoms with Gasteiger partial charge in [-0.05, 0) is 50.6 Å². The summed E-state index contributed by atoms with van der Waals surface area (Å²) in [7, 11) is -2.94. The van der Waals surface area contributed by atoms with Gasteiger partial charge in [-0.2, -0.15) is 13.2 Å². The minimum absolute atomic E-state index is 0.0266. The zero-order valence-electron chi connectivity index (χ0n) is 23.9. The molecule has 2 amide bonds. The molecule has 43 heavy (non-hydrogen) atoms. The molecule has 0 radical (unpaired) electrons. The van der Waals surface area contributed by atoms with Crippen molar-refractivity contribution in [2.24, 2.45) is 0 Å². The molecule has 3 unspecified atom stereocenters. The van der Waals surface area contributed by atoms with Gasteiger partial charge in [-0.3, -0.25) is 4.79 Å². The average molecular weight is 637 g/mol. The fourth-order valence-corrected chi connectivity index (χ4v) is 4.72. The quantitative estimate of drug-likeness (QED) is 0.0923. The maximum atomic E-state index is 12.7. The number of alkyl carbamates (subject to hydrolysis) is 1. The van der Waals surface area contributed by atoms with Crippen LogP contribution < -0.4 is 16.0 Å². The second kappa shape index (κ2) is 19.2. The Labute approximate surface area is 248 Å². The third-order valence-electron chi connectivity index (χ3n) is 6.28. The fraction of sp³-hybridized carbons (Fsp3) is 0.630. The van der Waals surface area contributed by atoms with Crippen molar-refractivity contribution in [2.75, 3.05) is 19.7 Å². The van der Waals surface area contributed by atoms with E-state index in [4.69, 9.17) is 18.5 Å². The molecule has 1 fully saturated rings. The van der Waals surface area contributed by atoms with E-state index in [-0.39, 0.29) is 39.0 Å². The minimum Gasteiger partial charge on any atom is -0.445 e. The number of benzene rings is 1. The largest absolute Gasteiger partial charge is 0.698 e. The third-order valence-corrected chi connectivity index (χ3v) is 7.07. The summed E-state index contributed by atoms with van der Waals surface area (Å²) in [6, 6.07) is 7.76. The van der Waals surface area contributed by atoms with Crippen LogP contribution in [-0.2, 0) is 44.1 Å². The van der Waals surface area contributed by atoms with Gasteiger partial charge < -0.3 is 25.4 Å². The molecule has 3 N–H and O–H groups in total. The molecule has 12 nitrogen and oxygen atoms in total. The lowest BCUT2D eigenvalue weighted by Crippen LogP contribution is -2.38. The molecule has 0 bridgehead atoms. The smallest absolute Gasteiger partial charge is 0.445 e. The van der Waals surface area contributed by atoms with E-state index >= 15 is 0 Å². The standard InChI is InChI=1S/C27H37F3N3O9P/c1-2-3-12-20(33-26(37)39-17-19-10-5-4-6-11-19)18-40-43(38)42-22(14-7-8-15-32-25(36)27(28,29)30)24(35)41-23(34)21-13-9-16-31-21/h4-6,10-11,20-22,31H,2-3,7-9,12-18H2,1H3,(H-,32,33,36,37)/p+1/t20?,21-,22?/m0/s1. The van der Waals surface area contributed by atoms with Gasteiger partial charge in [0.05, 0.1) is 6.04 Å². The lowest BCUT2D eigenvalue weighted by molar-refractivity contribution is -0.173. The average Bonchev–Trinajstić information content (AvgIpc) is 3.52. The van der Waals surface area contributed by atoms with Crippen molar-refractivity contribution in [3.8, 4) is 0 Å². The Morgan fingerprint density at radius 3 is 2.49 bits per heavy atom. The Kier molecular flexibility index (Phi) is 16.1. The van der Waals surface area contributed by atoms with Crippen LogP contribution in [0.5, 0.6) is 0 Å². The molecule has 1 aliphatic heterocycles. The van der Waals surface area contributed by atoms with Crippen LogP contribution in [-0.4, -0.2) is 68.0 Å². The number of alkyl halides is 3. The lowest BCUT2D eigenvalue weighted by atomic mass is 10.1. The molecule has 16 heteroatoms. The first-order valence-electron chi connectivity index (χ1n) is 14.1. The van der Waals surface area contributed by atoms with E-state index in [9.17, 15) is 36.9 Å². The van der Waals surface area contributed by atoms with Gasteiger partial charge in [-0.1, -0.05) is 50.1 Å². The lowest BCUT2D eigenvalue weighted by Gasteiger charge is -2.16. The Hall–Kier alpha value is -3.13. The first-order valence-corrected chi connectivity index (χ1v) is 15.2. The number of hydrogen-bond acceptors (Lipinski definition) is 10. The highest BCUT2D eigenvalue weighted by Gasteiger charge is 2.39. The summed E-state index contributed by atoms with van der Waals surface area (Å²) in [5.41, 5.74) is 0.790. The third kappa shape index (κ3) is 14.7. The summed E-state index contributed by atoms with van der Waals surface area (Å²) in [4.78, 5) is 48.2. The maximum absolute atomic E-state index is 12.7. The van der Waals surface area contributed by atoms with Gasteiger partial charge in [-0.25, -0.2) is 14.4 Å². The number of carbonyl (C=O) groups is 4. The molecular weight excluding hydrogens is 598 g/mol. The normalized spacial score (nSPS) is 16.6. The van der Waals surface area contributed by atoms with E-state index in [0.717, 1.165) is 12.0 Å². The Bertz CT molecular complexity index is 1060. The second-order valence-electron chi connectivity index (χ2n) is 9.80. The molecular formula is C27H38F3N3O9P+. The van der Waals surface area contributed by atoms with Crippen molar-refractivity contribution >= 4 is 32.2 Å². The number of nitrogens with one attached hydrogen (secondary N) is 3. The summed E-state index contributed by atoms with van der Waals surface area (Å²) >= 11 is 0. The molecule has 1 aromatic carbocycles. The number of ether oxygens (including phenoxy) is 2. The molecule has 2 rings (SSSR count). The predicted octanol–water partition coefficient (Wildman–Crippen LogP) is 4.20. The van der Waals surface area contributed by atoms with Crippen molar-refractivity contribution < 1.29 is 55.4 Å². The topological polar surface area (TPSA) is 158 Å². The van der Waals surface area contributed by atoms with Crippen LogP contribution in [0.15, 0.2) is 30.3 Å². The van der Waals surface area contributed by atoms with Crippen molar-refractivity contribution in [3.05, 3.63) is 35.9 Å². The maximum Gasteiger partial charge on any atom is 0.698 e. The number of amides is 2. The van der Waals surface area contributed by atoms with Crippen LogP contribution in [0.2, 0.25) is 0 Å². The van der Waals surface area contributed by atoms with Gasteiger partial charge >= 0.3 is 38.4 Å². The SMILES string of the molecule is CCCCC(CO[P+](=O)OC(CCCCNC(=O)C(F)(F)F)C(=O)OC(=O)[C@@H]1CCCN1)NC(=O)OCc1ccccc1. The summed E-state index contributed by atoms with van der Waals surface area (Å²) in [5.74, 6) is -4.06. The monoisotopic (exact) mass is 636 g/mol. The van der Waals surface area contributed by atoms with Crippen LogP contribution in [0.3, 0.4) is 0 Å². The van der Waals surface area contributed by atoms with Crippen LogP contribution in [0.25, 0.3) is 0 Å².